The third kappa shape index (κ3) is 3.11. The van der Waals surface area contributed by atoms with Crippen LogP contribution in [0.1, 0.15) is 33.6 Å². The molecule has 2 aliphatic heterocycles. The van der Waals surface area contributed by atoms with Crippen molar-refractivity contribution in [2.75, 3.05) is 19.4 Å². The van der Waals surface area contributed by atoms with Crippen LogP contribution in [0.25, 0.3) is 5.69 Å². The Balaban J connectivity index is 1.92. The third-order valence-corrected chi connectivity index (χ3v) is 7.28. The predicted octanol–water partition coefficient (Wildman–Crippen LogP) is -0.371. The Bertz CT molecular complexity index is 1300. The van der Waals surface area contributed by atoms with E-state index in [1.165, 1.54) is 31.4 Å². The first kappa shape index (κ1) is 20.8. The van der Waals surface area contributed by atoms with Crippen molar-refractivity contribution >= 4 is 33.6 Å². The number of nitrogens with one attached hydrogen (secondary N) is 1. The van der Waals surface area contributed by atoms with Crippen LogP contribution in [-0.2, 0) is 19.6 Å². The van der Waals surface area contributed by atoms with E-state index in [1.54, 1.807) is 0 Å². The zero-order valence-corrected chi connectivity index (χ0v) is 17.1. The largest absolute Gasteiger partial charge is 0.468 e. The first-order valence-electron chi connectivity index (χ1n) is 9.28. The summed E-state index contributed by atoms with van der Waals surface area (Å²) in [6.07, 6.45) is 0.766. The lowest BCUT2D eigenvalue weighted by molar-refractivity contribution is -0.144. The number of anilines is 1. The normalized spacial score (nSPS) is 18.7. The molecule has 0 radical (unpaired) electrons. The van der Waals surface area contributed by atoms with Gasteiger partial charge in [-0.15, -0.1) is 0 Å². The smallest absolute Gasteiger partial charge is 0.324 e. The van der Waals surface area contributed by atoms with Crippen LogP contribution in [0.3, 0.4) is 0 Å². The summed E-state index contributed by atoms with van der Waals surface area (Å²) >= 11 is 0. The number of rotatable bonds is 4. The van der Waals surface area contributed by atoms with E-state index < -0.39 is 39.4 Å². The Kier molecular flexibility index (Phi) is 4.90. The number of hydrogen-bond acceptors (Lipinski definition) is 8. The third-order valence-electron chi connectivity index (χ3n) is 5.32. The van der Waals surface area contributed by atoms with Crippen LogP contribution in [-0.4, -0.2) is 54.8 Å². The highest BCUT2D eigenvalue weighted by atomic mass is 32.2. The second-order valence-electron chi connectivity index (χ2n) is 7.04. The van der Waals surface area contributed by atoms with E-state index in [4.69, 9.17) is 10.5 Å². The van der Waals surface area contributed by atoms with E-state index >= 15 is 0 Å². The van der Waals surface area contributed by atoms with Gasteiger partial charge in [-0.05, 0) is 25.0 Å². The number of amides is 2. The number of fused-ring (bicyclic) bond motifs is 1. The second kappa shape index (κ2) is 7.32. The maximum Gasteiger partial charge on any atom is 0.324 e. The number of carbonyl (C=O) groups is 3. The van der Waals surface area contributed by atoms with Crippen LogP contribution in [0.15, 0.2) is 40.0 Å². The molecule has 1 aromatic heterocycles. The van der Waals surface area contributed by atoms with Gasteiger partial charge >= 0.3 is 5.97 Å². The van der Waals surface area contributed by atoms with Crippen LogP contribution in [0, 0.1) is 0 Å². The molecule has 0 bridgehead atoms. The van der Waals surface area contributed by atoms with Crippen molar-refractivity contribution in [3.63, 3.8) is 0 Å². The Labute approximate surface area is 176 Å². The summed E-state index contributed by atoms with van der Waals surface area (Å²) in [5.41, 5.74) is 4.79. The number of hydrogen-bond donors (Lipinski definition) is 2. The number of para-hydroxylation sites is 1. The van der Waals surface area contributed by atoms with E-state index in [9.17, 15) is 27.6 Å². The number of pyridine rings is 1. The summed E-state index contributed by atoms with van der Waals surface area (Å²) in [4.78, 5) is 48.6. The van der Waals surface area contributed by atoms with Gasteiger partial charge in [0.25, 0.3) is 17.4 Å². The van der Waals surface area contributed by atoms with Crippen molar-refractivity contribution < 1.29 is 27.5 Å². The molecule has 0 spiro atoms. The maximum atomic E-state index is 13.5. The van der Waals surface area contributed by atoms with Crippen molar-refractivity contribution in [2.24, 2.45) is 0 Å². The number of benzene rings is 1. The number of nitrogens with zero attached hydrogens (tertiary/aromatic N) is 2. The molecule has 31 heavy (non-hydrogen) atoms. The highest BCUT2D eigenvalue weighted by Crippen LogP contribution is 2.31. The van der Waals surface area contributed by atoms with Gasteiger partial charge in [-0.1, -0.05) is 12.1 Å². The van der Waals surface area contributed by atoms with Crippen LogP contribution in [0.5, 0.6) is 0 Å². The summed E-state index contributed by atoms with van der Waals surface area (Å²) in [6.45, 7) is 0.0991. The molecule has 1 unspecified atom stereocenters. The van der Waals surface area contributed by atoms with Gasteiger partial charge in [-0.3, -0.25) is 29.1 Å². The Hall–Kier alpha value is -3.51. The zero-order valence-electron chi connectivity index (χ0n) is 16.3. The number of ether oxygens (including phenoxy) is 1. The summed E-state index contributed by atoms with van der Waals surface area (Å²) < 4.78 is 33.5. The van der Waals surface area contributed by atoms with E-state index in [1.807, 2.05) is 0 Å². The fourth-order valence-corrected chi connectivity index (χ4v) is 5.74. The summed E-state index contributed by atoms with van der Waals surface area (Å²) in [5, 5.41) is 2.06. The number of sulfonamides is 1. The first-order chi connectivity index (χ1) is 14.7. The van der Waals surface area contributed by atoms with Crippen LogP contribution in [0.2, 0.25) is 0 Å². The summed E-state index contributed by atoms with van der Waals surface area (Å²) in [7, 11) is -3.07. The number of aromatic nitrogens is 1. The number of carbonyl (C=O) groups excluding carboxylic acids is 3. The van der Waals surface area contributed by atoms with Crippen LogP contribution in [0.4, 0.5) is 5.82 Å². The van der Waals surface area contributed by atoms with Crippen molar-refractivity contribution in [1.82, 2.24) is 14.2 Å². The standard InChI is InChI=1S/C19H18N4O7S/c1-30-19(27)12-6-4-8-22(12)31(28,29)13-7-3-2-5-11(13)23-14(24)9-10-15(16(23)20)18(26)21-17(10)25/h2-3,5,7,9,12H,4,6,8,20H2,1H3,(H,21,25,26). The van der Waals surface area contributed by atoms with E-state index in [2.05, 4.69) is 5.32 Å². The first-order valence-corrected chi connectivity index (χ1v) is 10.7. The molecule has 12 heteroatoms. The Morgan fingerprint density at radius 2 is 1.90 bits per heavy atom. The average molecular weight is 446 g/mol. The number of esters is 1. The molecular formula is C19H18N4O7S. The lowest BCUT2D eigenvalue weighted by Crippen LogP contribution is -2.41. The summed E-state index contributed by atoms with van der Waals surface area (Å²) in [6, 6.07) is 5.55. The lowest BCUT2D eigenvalue weighted by atomic mass is 10.1. The predicted molar refractivity (Wildman–Crippen MR) is 107 cm³/mol. The van der Waals surface area contributed by atoms with Crippen molar-refractivity contribution in [1.29, 1.82) is 0 Å². The molecule has 4 rings (SSSR count). The van der Waals surface area contributed by atoms with E-state index in [-0.39, 0.29) is 34.1 Å². The highest BCUT2D eigenvalue weighted by molar-refractivity contribution is 7.89. The van der Waals surface area contributed by atoms with Crippen LogP contribution < -0.4 is 16.6 Å². The van der Waals surface area contributed by atoms with Gasteiger partial charge in [0.2, 0.25) is 10.0 Å². The van der Waals surface area contributed by atoms with Gasteiger partial charge in [-0.2, -0.15) is 4.31 Å². The lowest BCUT2D eigenvalue weighted by Gasteiger charge is -2.24. The minimum absolute atomic E-state index is 0.0991. The fraction of sp³-hybridized carbons (Fsp3) is 0.263. The molecule has 162 valence electrons. The molecule has 3 heterocycles. The molecule has 2 aliphatic rings. The van der Waals surface area contributed by atoms with Crippen molar-refractivity contribution in [3.05, 3.63) is 51.8 Å². The molecule has 2 amide bonds. The van der Waals surface area contributed by atoms with Gasteiger partial charge in [0, 0.05) is 12.6 Å². The molecule has 3 N–H and O–H groups in total. The maximum absolute atomic E-state index is 13.5. The van der Waals surface area contributed by atoms with Gasteiger partial charge in [0.15, 0.2) is 0 Å². The molecular weight excluding hydrogens is 428 g/mol. The van der Waals surface area contributed by atoms with Crippen molar-refractivity contribution in [3.8, 4) is 5.69 Å². The quantitative estimate of drug-likeness (QED) is 0.476. The molecule has 2 aromatic rings. The van der Waals surface area contributed by atoms with Gasteiger partial charge in [0.05, 0.1) is 23.9 Å². The second-order valence-corrected chi connectivity index (χ2v) is 8.90. The minimum Gasteiger partial charge on any atom is -0.468 e. The molecule has 1 fully saturated rings. The SMILES string of the molecule is COC(=O)C1CCCN1S(=O)(=O)c1ccccc1-n1c(N)c2c(cc1=O)C(=O)NC2=O. The average Bonchev–Trinajstić information content (AvgIpc) is 3.33. The number of imide groups is 1. The molecule has 1 aromatic carbocycles. The van der Waals surface area contributed by atoms with Gasteiger partial charge in [0.1, 0.15) is 16.8 Å². The number of methoxy groups -OCH3 is 1. The van der Waals surface area contributed by atoms with E-state index in [0.29, 0.717) is 12.8 Å². The van der Waals surface area contributed by atoms with Crippen molar-refractivity contribution in [2.45, 2.75) is 23.8 Å². The molecule has 1 saturated heterocycles. The molecule has 11 nitrogen and oxygen atoms in total. The number of nitrogens with two attached hydrogens (primary N) is 1. The van der Waals surface area contributed by atoms with Gasteiger partial charge in [-0.25, -0.2) is 8.42 Å². The molecule has 1 atom stereocenters. The summed E-state index contributed by atoms with van der Waals surface area (Å²) in [5.74, 6) is -2.57. The monoisotopic (exact) mass is 446 g/mol. The van der Waals surface area contributed by atoms with Gasteiger partial charge < -0.3 is 10.5 Å². The highest BCUT2D eigenvalue weighted by Gasteiger charge is 2.41. The number of nitrogen functional groups attached to an aromatic ring is 1. The van der Waals surface area contributed by atoms with E-state index in [0.717, 1.165) is 14.9 Å². The topological polar surface area (TPSA) is 158 Å². The molecule has 0 aliphatic carbocycles. The molecule has 0 saturated carbocycles. The van der Waals surface area contributed by atoms with Crippen LogP contribution >= 0.6 is 0 Å². The Morgan fingerprint density at radius 3 is 2.61 bits per heavy atom. The fourth-order valence-electron chi connectivity index (χ4n) is 3.91. The zero-order chi connectivity index (χ0) is 22.5. The Morgan fingerprint density at radius 1 is 1.19 bits per heavy atom. The minimum atomic E-state index is -4.24.